The number of benzene rings is 1. The molecule has 0 saturated carbocycles. The van der Waals surface area contributed by atoms with Crippen molar-refractivity contribution in [1.29, 1.82) is 0 Å². The third-order valence-corrected chi connectivity index (χ3v) is 2.73. The number of rotatable bonds is 4. The fourth-order valence-corrected chi connectivity index (χ4v) is 1.78. The van der Waals surface area contributed by atoms with Gasteiger partial charge in [-0.3, -0.25) is 4.90 Å². The first-order valence-electron chi connectivity index (χ1n) is 6.14. The third kappa shape index (κ3) is 3.07. The highest BCUT2D eigenvalue weighted by Gasteiger charge is 2.11. The zero-order valence-corrected chi connectivity index (χ0v) is 11.0. The minimum absolute atomic E-state index is 0.123. The Labute approximate surface area is 112 Å². The lowest BCUT2D eigenvalue weighted by Gasteiger charge is -2.20. The van der Waals surface area contributed by atoms with Crippen LogP contribution in [0.15, 0.2) is 42.7 Å². The van der Waals surface area contributed by atoms with E-state index in [4.69, 9.17) is 4.74 Å². The Morgan fingerprint density at radius 3 is 2.53 bits per heavy atom. The average Bonchev–Trinajstić information content (AvgIpc) is 2.94. The maximum absolute atomic E-state index is 11.7. The molecule has 100 valence electrons. The number of nitrogens with one attached hydrogen (secondary N) is 2. The van der Waals surface area contributed by atoms with Crippen LogP contribution in [-0.4, -0.2) is 24.6 Å². The van der Waals surface area contributed by atoms with Crippen molar-refractivity contribution in [3.05, 3.63) is 42.7 Å². The molecule has 0 spiro atoms. The summed E-state index contributed by atoms with van der Waals surface area (Å²) >= 11 is 0. The Morgan fingerprint density at radius 1 is 1.26 bits per heavy atom. The summed E-state index contributed by atoms with van der Waals surface area (Å²) in [5.74, 6) is 1.49. The smallest absolute Gasteiger partial charge is 0.321 e. The van der Waals surface area contributed by atoms with Crippen molar-refractivity contribution in [2.45, 2.75) is 6.92 Å². The molecule has 0 aliphatic carbocycles. The largest absolute Gasteiger partial charge is 0.456 e. The quantitative estimate of drug-likeness (QED) is 0.886. The standard InChI is InChI=1S/C14H17N3O2/c1-3-17(14(18)15-2)11-4-6-12(7-5-11)19-13-8-9-16-10-13/h4-10,16H,3H2,1-2H3,(H,15,18). The number of aromatic amines is 1. The minimum Gasteiger partial charge on any atom is -0.456 e. The van der Waals surface area contributed by atoms with Gasteiger partial charge in [0, 0.05) is 31.7 Å². The highest BCUT2D eigenvalue weighted by Crippen LogP contribution is 2.24. The zero-order chi connectivity index (χ0) is 13.7. The van der Waals surface area contributed by atoms with E-state index in [0.717, 1.165) is 17.2 Å². The minimum atomic E-state index is -0.123. The molecule has 0 fully saturated rings. The van der Waals surface area contributed by atoms with Crippen LogP contribution in [0.4, 0.5) is 10.5 Å². The summed E-state index contributed by atoms with van der Waals surface area (Å²) in [4.78, 5) is 16.2. The first kappa shape index (κ1) is 13.0. The molecule has 0 aliphatic rings. The molecule has 2 aromatic rings. The summed E-state index contributed by atoms with van der Waals surface area (Å²) in [6.07, 6.45) is 3.57. The molecule has 0 saturated heterocycles. The normalized spacial score (nSPS) is 10.0. The average molecular weight is 259 g/mol. The van der Waals surface area contributed by atoms with Crippen molar-refractivity contribution < 1.29 is 9.53 Å². The van der Waals surface area contributed by atoms with Gasteiger partial charge in [0.25, 0.3) is 0 Å². The van der Waals surface area contributed by atoms with Gasteiger partial charge < -0.3 is 15.0 Å². The van der Waals surface area contributed by atoms with Gasteiger partial charge in [0.2, 0.25) is 0 Å². The lowest BCUT2D eigenvalue weighted by atomic mass is 10.2. The van der Waals surface area contributed by atoms with Crippen molar-refractivity contribution in [3.8, 4) is 11.5 Å². The Morgan fingerprint density at radius 2 is 2.00 bits per heavy atom. The number of amides is 2. The van der Waals surface area contributed by atoms with E-state index in [1.54, 1.807) is 24.3 Å². The van der Waals surface area contributed by atoms with Crippen LogP contribution in [0.3, 0.4) is 0 Å². The zero-order valence-electron chi connectivity index (χ0n) is 11.0. The van der Waals surface area contributed by atoms with Gasteiger partial charge >= 0.3 is 6.03 Å². The molecule has 5 nitrogen and oxygen atoms in total. The number of hydrogen-bond acceptors (Lipinski definition) is 2. The van der Waals surface area contributed by atoms with E-state index in [-0.39, 0.29) is 6.03 Å². The molecule has 2 amide bonds. The van der Waals surface area contributed by atoms with Crippen LogP contribution >= 0.6 is 0 Å². The van der Waals surface area contributed by atoms with Gasteiger partial charge in [0.15, 0.2) is 0 Å². The number of hydrogen-bond donors (Lipinski definition) is 2. The topological polar surface area (TPSA) is 57.4 Å². The first-order valence-corrected chi connectivity index (χ1v) is 6.14. The molecule has 0 aliphatic heterocycles. The summed E-state index contributed by atoms with van der Waals surface area (Å²) in [7, 11) is 1.62. The Kier molecular flexibility index (Phi) is 4.07. The van der Waals surface area contributed by atoms with Crippen molar-refractivity contribution in [1.82, 2.24) is 10.3 Å². The Balaban J connectivity index is 2.11. The van der Waals surface area contributed by atoms with Gasteiger partial charge in [-0.15, -0.1) is 0 Å². The van der Waals surface area contributed by atoms with E-state index in [0.29, 0.717) is 6.54 Å². The van der Waals surface area contributed by atoms with Gasteiger partial charge in [-0.05, 0) is 37.3 Å². The van der Waals surface area contributed by atoms with Crippen LogP contribution in [0.2, 0.25) is 0 Å². The Hall–Kier alpha value is -2.43. The molecule has 1 aromatic heterocycles. The second-order valence-electron chi connectivity index (χ2n) is 3.94. The summed E-state index contributed by atoms with van der Waals surface area (Å²) in [5.41, 5.74) is 0.836. The maximum atomic E-state index is 11.7. The van der Waals surface area contributed by atoms with Crippen LogP contribution < -0.4 is 15.0 Å². The lowest BCUT2D eigenvalue weighted by Crippen LogP contribution is -2.37. The molecule has 19 heavy (non-hydrogen) atoms. The number of H-pyrrole nitrogens is 1. The van der Waals surface area contributed by atoms with E-state index in [9.17, 15) is 4.79 Å². The summed E-state index contributed by atoms with van der Waals surface area (Å²) in [6.45, 7) is 2.54. The fourth-order valence-electron chi connectivity index (χ4n) is 1.78. The lowest BCUT2D eigenvalue weighted by molar-refractivity contribution is 0.248. The molecule has 1 heterocycles. The molecule has 0 atom stereocenters. The number of nitrogens with zero attached hydrogens (tertiary/aromatic N) is 1. The second kappa shape index (κ2) is 5.95. The molecule has 1 aromatic carbocycles. The van der Waals surface area contributed by atoms with Gasteiger partial charge in [-0.2, -0.15) is 0 Å². The highest BCUT2D eigenvalue weighted by molar-refractivity contribution is 5.91. The van der Waals surface area contributed by atoms with E-state index >= 15 is 0 Å². The number of urea groups is 1. The van der Waals surface area contributed by atoms with Gasteiger partial charge in [0.05, 0.1) is 0 Å². The van der Waals surface area contributed by atoms with Crippen molar-refractivity contribution in [2.24, 2.45) is 0 Å². The van der Waals surface area contributed by atoms with Crippen LogP contribution in [0, 0.1) is 0 Å². The molecule has 0 unspecified atom stereocenters. The summed E-state index contributed by atoms with van der Waals surface area (Å²) in [6, 6.07) is 9.13. The maximum Gasteiger partial charge on any atom is 0.321 e. The molecule has 5 heteroatoms. The molecule has 2 rings (SSSR count). The van der Waals surface area contributed by atoms with Crippen molar-refractivity contribution >= 4 is 11.7 Å². The summed E-state index contributed by atoms with van der Waals surface area (Å²) < 4.78 is 5.62. The number of aromatic nitrogens is 1. The number of carbonyl (C=O) groups is 1. The fraction of sp³-hybridized carbons (Fsp3) is 0.214. The van der Waals surface area contributed by atoms with Crippen LogP contribution in [0.25, 0.3) is 0 Å². The predicted octanol–water partition coefficient (Wildman–Crippen LogP) is 2.97. The third-order valence-electron chi connectivity index (χ3n) is 2.73. The Bertz CT molecular complexity index is 520. The van der Waals surface area contributed by atoms with Gasteiger partial charge in [-0.25, -0.2) is 4.79 Å². The van der Waals surface area contributed by atoms with E-state index in [1.807, 2.05) is 37.3 Å². The molecule has 2 N–H and O–H groups in total. The van der Waals surface area contributed by atoms with E-state index < -0.39 is 0 Å². The van der Waals surface area contributed by atoms with Gasteiger partial charge in [0.1, 0.15) is 11.5 Å². The SMILES string of the molecule is CCN(C(=O)NC)c1ccc(Oc2cc[nH]c2)cc1. The monoisotopic (exact) mass is 259 g/mol. The van der Waals surface area contributed by atoms with Crippen molar-refractivity contribution in [2.75, 3.05) is 18.5 Å². The van der Waals surface area contributed by atoms with Crippen LogP contribution in [0.5, 0.6) is 11.5 Å². The number of ether oxygens (including phenoxy) is 1. The summed E-state index contributed by atoms with van der Waals surface area (Å²) in [5, 5.41) is 2.62. The van der Waals surface area contributed by atoms with E-state index in [2.05, 4.69) is 10.3 Å². The first-order chi connectivity index (χ1) is 9.24. The van der Waals surface area contributed by atoms with Crippen LogP contribution in [0.1, 0.15) is 6.92 Å². The second-order valence-corrected chi connectivity index (χ2v) is 3.94. The molecule has 0 radical (unpaired) electrons. The van der Waals surface area contributed by atoms with E-state index in [1.165, 1.54) is 0 Å². The molecular weight excluding hydrogens is 242 g/mol. The number of carbonyl (C=O) groups excluding carboxylic acids is 1. The highest BCUT2D eigenvalue weighted by atomic mass is 16.5. The molecular formula is C14H17N3O2. The van der Waals surface area contributed by atoms with Crippen LogP contribution in [-0.2, 0) is 0 Å². The number of anilines is 1. The predicted molar refractivity (Wildman–Crippen MR) is 74.8 cm³/mol. The van der Waals surface area contributed by atoms with Gasteiger partial charge in [-0.1, -0.05) is 0 Å². The van der Waals surface area contributed by atoms with Crippen molar-refractivity contribution in [3.63, 3.8) is 0 Å². The molecule has 0 bridgehead atoms.